The zero-order valence-electron chi connectivity index (χ0n) is 18.5. The molecule has 29 heavy (non-hydrogen) atoms. The van der Waals surface area contributed by atoms with Gasteiger partial charge in [-0.2, -0.15) is 0 Å². The molecule has 1 amide bonds. The maximum Gasteiger partial charge on any atom is 0.239 e. The summed E-state index contributed by atoms with van der Waals surface area (Å²) < 4.78 is 0. The average Bonchev–Trinajstić information content (AvgIpc) is 2.68. The van der Waals surface area contributed by atoms with Crippen LogP contribution < -0.4 is 16.0 Å². The molecule has 4 atom stereocenters. The van der Waals surface area contributed by atoms with Gasteiger partial charge in [0.15, 0.2) is 0 Å². The van der Waals surface area contributed by atoms with E-state index in [0.717, 1.165) is 45.7 Å². The summed E-state index contributed by atoms with van der Waals surface area (Å²) in [5.74, 6) is 1.72. The first kappa shape index (κ1) is 22.6. The highest BCUT2D eigenvalue weighted by molar-refractivity contribution is 6.21. The Hall–Kier alpha value is -1.04. The van der Waals surface area contributed by atoms with Crippen LogP contribution in [0.3, 0.4) is 0 Å². The van der Waals surface area contributed by atoms with E-state index in [-0.39, 0.29) is 28.7 Å². The largest absolute Gasteiger partial charge is 0.378 e. The third-order valence-corrected chi connectivity index (χ3v) is 7.21. The Bertz CT molecular complexity index is 630. The summed E-state index contributed by atoms with van der Waals surface area (Å²) >= 11 is 6.25. The zero-order valence-corrected chi connectivity index (χ0v) is 19.3. The number of nitrogens with one attached hydrogen (secondary N) is 3. The highest BCUT2D eigenvalue weighted by Crippen LogP contribution is 2.43. The second kappa shape index (κ2) is 9.84. The number of amides is 1. The standard InChI is InChI=1S/C23H39ClN4O/c1-16(2)21(27-13-17-11-25-15-26-12-17)22(29)28-10-9-20(23(3,4)14-28)18-5-7-19(24)8-6-18/h5,7,11,16,18-21,25-27H,6,8-10,12-15H2,1-4H3/t18?,19?,20-,21-/m1/s1. The molecule has 5 nitrogen and oxygen atoms in total. The molecule has 1 fully saturated rings. The minimum Gasteiger partial charge on any atom is -0.378 e. The van der Waals surface area contributed by atoms with Gasteiger partial charge in [-0.25, -0.2) is 0 Å². The molecule has 6 heteroatoms. The van der Waals surface area contributed by atoms with Crippen LogP contribution in [0.2, 0.25) is 0 Å². The monoisotopic (exact) mass is 422 g/mol. The summed E-state index contributed by atoms with van der Waals surface area (Å²) in [5.41, 5.74) is 1.37. The van der Waals surface area contributed by atoms with Crippen LogP contribution in [-0.2, 0) is 4.79 Å². The number of hydrogen-bond acceptors (Lipinski definition) is 4. The SMILES string of the molecule is CC(C)[C@@H](NCC1=CNCNC1)C(=O)N1CC[C@H](C2C=CC(Cl)CC2)C(C)(C)C1. The summed E-state index contributed by atoms with van der Waals surface area (Å²) in [6.45, 7) is 13.0. The Morgan fingerprint density at radius 1 is 1.31 bits per heavy atom. The molecule has 1 saturated heterocycles. The van der Waals surface area contributed by atoms with Gasteiger partial charge >= 0.3 is 0 Å². The van der Waals surface area contributed by atoms with E-state index in [9.17, 15) is 4.79 Å². The summed E-state index contributed by atoms with van der Waals surface area (Å²) in [6.07, 6.45) is 9.87. The molecular formula is C23H39ClN4O. The lowest BCUT2D eigenvalue weighted by molar-refractivity contribution is -0.139. The first-order valence-corrected chi connectivity index (χ1v) is 11.7. The molecule has 2 heterocycles. The third kappa shape index (κ3) is 5.77. The highest BCUT2D eigenvalue weighted by Gasteiger charge is 2.42. The van der Waals surface area contributed by atoms with E-state index in [1.54, 1.807) is 0 Å². The summed E-state index contributed by atoms with van der Waals surface area (Å²) in [7, 11) is 0. The Morgan fingerprint density at radius 2 is 2.10 bits per heavy atom. The lowest BCUT2D eigenvalue weighted by Crippen LogP contribution is -2.56. The summed E-state index contributed by atoms with van der Waals surface area (Å²) in [5, 5.41) is 10.2. The topological polar surface area (TPSA) is 56.4 Å². The van der Waals surface area contributed by atoms with Crippen LogP contribution in [0.4, 0.5) is 0 Å². The maximum atomic E-state index is 13.4. The molecule has 0 aromatic carbocycles. The molecule has 0 aromatic heterocycles. The maximum absolute atomic E-state index is 13.4. The van der Waals surface area contributed by atoms with E-state index in [1.807, 2.05) is 0 Å². The average molecular weight is 423 g/mol. The normalized spacial score (nSPS) is 30.6. The van der Waals surface area contributed by atoms with Crippen LogP contribution in [0.5, 0.6) is 0 Å². The number of piperidine rings is 1. The van der Waals surface area contributed by atoms with Crippen molar-refractivity contribution >= 4 is 17.5 Å². The van der Waals surface area contributed by atoms with Crippen molar-refractivity contribution in [3.05, 3.63) is 23.9 Å². The lowest BCUT2D eigenvalue weighted by atomic mass is 9.65. The van der Waals surface area contributed by atoms with Gasteiger partial charge in [-0.1, -0.05) is 39.8 Å². The van der Waals surface area contributed by atoms with Gasteiger partial charge in [0, 0.05) is 26.2 Å². The van der Waals surface area contributed by atoms with Gasteiger partial charge in [0.05, 0.1) is 18.1 Å². The fraction of sp³-hybridized carbons (Fsp3) is 0.783. The predicted molar refractivity (Wildman–Crippen MR) is 121 cm³/mol. The van der Waals surface area contributed by atoms with Gasteiger partial charge in [-0.15, -0.1) is 11.6 Å². The second-order valence-corrected chi connectivity index (χ2v) is 10.6. The smallest absolute Gasteiger partial charge is 0.239 e. The van der Waals surface area contributed by atoms with Gasteiger partial charge in [-0.05, 0) is 54.2 Å². The molecule has 3 rings (SSSR count). The molecule has 1 aliphatic carbocycles. The van der Waals surface area contributed by atoms with Crippen molar-refractivity contribution in [2.24, 2.45) is 23.2 Å². The van der Waals surface area contributed by atoms with Gasteiger partial charge in [0.25, 0.3) is 0 Å². The van der Waals surface area contributed by atoms with Gasteiger partial charge in [0.1, 0.15) is 0 Å². The van der Waals surface area contributed by atoms with E-state index >= 15 is 0 Å². The number of carbonyl (C=O) groups excluding carboxylic acids is 1. The van der Waals surface area contributed by atoms with Crippen molar-refractivity contribution in [1.82, 2.24) is 20.9 Å². The Morgan fingerprint density at radius 3 is 2.69 bits per heavy atom. The van der Waals surface area contributed by atoms with Crippen molar-refractivity contribution in [2.75, 3.05) is 32.8 Å². The molecule has 0 aromatic rings. The van der Waals surface area contributed by atoms with Crippen LogP contribution in [0.15, 0.2) is 23.9 Å². The van der Waals surface area contributed by atoms with Crippen LogP contribution in [-0.4, -0.2) is 55.1 Å². The number of nitrogens with zero attached hydrogens (tertiary/aromatic N) is 1. The molecule has 2 aliphatic heterocycles. The van der Waals surface area contributed by atoms with Crippen LogP contribution in [0, 0.1) is 23.2 Å². The lowest BCUT2D eigenvalue weighted by Gasteiger charge is -2.48. The Labute approximate surface area is 181 Å². The number of allylic oxidation sites excluding steroid dienone is 2. The molecule has 0 radical (unpaired) electrons. The molecule has 164 valence electrons. The molecule has 0 bridgehead atoms. The first-order chi connectivity index (χ1) is 13.8. The van der Waals surface area contributed by atoms with E-state index < -0.39 is 0 Å². The number of alkyl halides is 1. The number of rotatable bonds is 6. The van der Waals surface area contributed by atoms with Gasteiger partial charge < -0.3 is 15.5 Å². The number of halogens is 1. The van der Waals surface area contributed by atoms with E-state index in [1.165, 1.54) is 12.0 Å². The van der Waals surface area contributed by atoms with E-state index in [0.29, 0.717) is 11.8 Å². The molecule has 3 N–H and O–H groups in total. The first-order valence-electron chi connectivity index (χ1n) is 11.2. The fourth-order valence-corrected chi connectivity index (χ4v) is 5.41. The van der Waals surface area contributed by atoms with Crippen molar-refractivity contribution in [3.63, 3.8) is 0 Å². The summed E-state index contributed by atoms with van der Waals surface area (Å²) in [4.78, 5) is 15.5. The molecule has 2 unspecified atom stereocenters. The van der Waals surface area contributed by atoms with Crippen molar-refractivity contribution in [3.8, 4) is 0 Å². The molecular weight excluding hydrogens is 384 g/mol. The number of carbonyl (C=O) groups is 1. The van der Waals surface area contributed by atoms with Crippen molar-refractivity contribution < 1.29 is 4.79 Å². The van der Waals surface area contributed by atoms with E-state index in [4.69, 9.17) is 11.6 Å². The van der Waals surface area contributed by atoms with Crippen molar-refractivity contribution in [2.45, 2.75) is 58.4 Å². The van der Waals surface area contributed by atoms with E-state index in [2.05, 4.69) is 66.9 Å². The highest BCUT2D eigenvalue weighted by atomic mass is 35.5. The Kier molecular flexibility index (Phi) is 7.69. The quantitative estimate of drug-likeness (QED) is 0.454. The van der Waals surface area contributed by atoms with Gasteiger partial charge in [0.2, 0.25) is 5.91 Å². The molecule has 0 saturated carbocycles. The molecule has 0 spiro atoms. The molecule has 3 aliphatic rings. The van der Waals surface area contributed by atoms with Crippen molar-refractivity contribution in [1.29, 1.82) is 0 Å². The third-order valence-electron chi connectivity index (χ3n) is 6.85. The number of likely N-dealkylation sites (tertiary alicyclic amines) is 1. The fourth-order valence-electron chi connectivity index (χ4n) is 5.20. The second-order valence-electron chi connectivity index (χ2n) is 10.00. The van der Waals surface area contributed by atoms with Gasteiger partial charge in [-0.3, -0.25) is 10.1 Å². The predicted octanol–water partition coefficient (Wildman–Crippen LogP) is 3.08. The van der Waals surface area contributed by atoms with Crippen LogP contribution in [0.1, 0.15) is 47.0 Å². The minimum atomic E-state index is -0.142. The summed E-state index contributed by atoms with van der Waals surface area (Å²) in [6, 6.07) is -0.142. The zero-order chi connectivity index (χ0) is 21.0. The minimum absolute atomic E-state index is 0.114. The van der Waals surface area contributed by atoms with Crippen LogP contribution in [0.25, 0.3) is 0 Å². The Balaban J connectivity index is 1.61. The number of hydrogen-bond donors (Lipinski definition) is 3. The van der Waals surface area contributed by atoms with Crippen LogP contribution >= 0.6 is 11.6 Å².